The Balaban J connectivity index is 1.81. The van der Waals surface area contributed by atoms with Gasteiger partial charge in [0.2, 0.25) is 5.95 Å². The number of hydrogen-bond donors (Lipinski definition) is 1. The monoisotopic (exact) mass is 273 g/mol. The van der Waals surface area contributed by atoms with Gasteiger partial charge in [0.15, 0.2) is 0 Å². The average Bonchev–Trinajstić information content (AvgIpc) is 2.79. The Morgan fingerprint density at radius 1 is 1.32 bits per heavy atom. The third-order valence-corrected chi connectivity index (χ3v) is 4.00. The fraction of sp³-hybridized carbons (Fsp3) is 0.667. The van der Waals surface area contributed by atoms with E-state index in [-0.39, 0.29) is 12.6 Å². The SMILES string of the molecule is Cc1cc(C(F)(F)F)nc(N2C[C@@H]3C(CO)[C@@H]3C2)n1. The fourth-order valence-electron chi connectivity index (χ4n) is 2.92. The van der Waals surface area contributed by atoms with E-state index in [2.05, 4.69) is 9.97 Å². The molecule has 1 saturated carbocycles. The van der Waals surface area contributed by atoms with Gasteiger partial charge in [-0.3, -0.25) is 0 Å². The molecule has 2 aliphatic rings. The third kappa shape index (κ3) is 2.16. The lowest BCUT2D eigenvalue weighted by molar-refractivity contribution is -0.141. The second-order valence-electron chi connectivity index (χ2n) is 5.27. The molecular weight excluding hydrogens is 259 g/mol. The van der Waals surface area contributed by atoms with E-state index in [1.807, 2.05) is 0 Å². The Labute approximate surface area is 108 Å². The summed E-state index contributed by atoms with van der Waals surface area (Å²) in [6, 6.07) is 0.955. The van der Waals surface area contributed by atoms with Crippen LogP contribution in [0.5, 0.6) is 0 Å². The van der Waals surface area contributed by atoms with Crippen molar-refractivity contribution in [2.75, 3.05) is 24.6 Å². The Morgan fingerprint density at radius 2 is 1.95 bits per heavy atom. The van der Waals surface area contributed by atoms with Crippen LogP contribution in [0.2, 0.25) is 0 Å². The van der Waals surface area contributed by atoms with Gasteiger partial charge in [-0.15, -0.1) is 0 Å². The van der Waals surface area contributed by atoms with Gasteiger partial charge in [0.25, 0.3) is 0 Å². The van der Waals surface area contributed by atoms with E-state index < -0.39 is 11.9 Å². The van der Waals surface area contributed by atoms with Crippen molar-refractivity contribution >= 4 is 5.95 Å². The largest absolute Gasteiger partial charge is 0.433 e. The quantitative estimate of drug-likeness (QED) is 0.886. The van der Waals surface area contributed by atoms with Crippen LogP contribution >= 0.6 is 0 Å². The summed E-state index contributed by atoms with van der Waals surface area (Å²) >= 11 is 0. The van der Waals surface area contributed by atoms with E-state index in [9.17, 15) is 13.2 Å². The van der Waals surface area contributed by atoms with E-state index >= 15 is 0 Å². The highest BCUT2D eigenvalue weighted by atomic mass is 19.4. The smallest absolute Gasteiger partial charge is 0.396 e. The van der Waals surface area contributed by atoms with Crippen LogP contribution in [0.1, 0.15) is 11.4 Å². The maximum Gasteiger partial charge on any atom is 0.433 e. The van der Waals surface area contributed by atoms with Gasteiger partial charge in [-0.1, -0.05) is 0 Å². The normalized spacial score (nSPS) is 29.5. The van der Waals surface area contributed by atoms with Gasteiger partial charge in [-0.05, 0) is 30.7 Å². The first-order valence-electron chi connectivity index (χ1n) is 6.19. The van der Waals surface area contributed by atoms with Crippen molar-refractivity contribution in [3.63, 3.8) is 0 Å². The van der Waals surface area contributed by atoms with Crippen LogP contribution in [0, 0.1) is 24.7 Å². The van der Waals surface area contributed by atoms with Gasteiger partial charge < -0.3 is 10.0 Å². The number of alkyl halides is 3. The van der Waals surface area contributed by atoms with Gasteiger partial charge in [0.1, 0.15) is 5.69 Å². The molecule has 3 atom stereocenters. The molecule has 3 rings (SSSR count). The average molecular weight is 273 g/mol. The predicted octanol–water partition coefficient (Wildman–Crippen LogP) is 1.48. The van der Waals surface area contributed by atoms with Gasteiger partial charge in [0.05, 0.1) is 0 Å². The van der Waals surface area contributed by atoms with E-state index in [1.54, 1.807) is 4.90 Å². The van der Waals surface area contributed by atoms with Crippen molar-refractivity contribution in [3.8, 4) is 0 Å². The fourth-order valence-corrected chi connectivity index (χ4v) is 2.92. The topological polar surface area (TPSA) is 49.2 Å². The number of rotatable bonds is 2. The van der Waals surface area contributed by atoms with E-state index in [0.717, 1.165) is 6.07 Å². The highest BCUT2D eigenvalue weighted by Gasteiger charge is 2.55. The van der Waals surface area contributed by atoms with Crippen LogP contribution in [0.4, 0.5) is 19.1 Å². The van der Waals surface area contributed by atoms with E-state index in [1.165, 1.54) is 6.92 Å². The van der Waals surface area contributed by atoms with Crippen molar-refractivity contribution in [2.24, 2.45) is 17.8 Å². The third-order valence-electron chi connectivity index (χ3n) is 4.00. The lowest BCUT2D eigenvalue weighted by atomic mass is 10.3. The number of anilines is 1. The van der Waals surface area contributed by atoms with Crippen molar-refractivity contribution in [1.82, 2.24) is 9.97 Å². The van der Waals surface area contributed by atoms with Gasteiger partial charge in [-0.25, -0.2) is 9.97 Å². The Morgan fingerprint density at radius 3 is 2.47 bits per heavy atom. The minimum atomic E-state index is -4.45. The summed E-state index contributed by atoms with van der Waals surface area (Å²) in [5.41, 5.74) is -0.578. The van der Waals surface area contributed by atoms with Crippen LogP contribution in [-0.4, -0.2) is 34.8 Å². The van der Waals surface area contributed by atoms with Gasteiger partial charge >= 0.3 is 6.18 Å². The Bertz CT molecular complexity index is 493. The van der Waals surface area contributed by atoms with Crippen LogP contribution in [0.25, 0.3) is 0 Å². The summed E-state index contributed by atoms with van der Waals surface area (Å²) in [5, 5.41) is 9.07. The van der Waals surface area contributed by atoms with Crippen LogP contribution in [0.15, 0.2) is 6.07 Å². The first-order chi connectivity index (χ1) is 8.90. The molecule has 1 N–H and O–H groups in total. The molecule has 104 valence electrons. The number of nitrogens with zero attached hydrogens (tertiary/aromatic N) is 3. The molecule has 1 aliphatic heterocycles. The molecule has 2 fully saturated rings. The minimum absolute atomic E-state index is 0.149. The number of halogens is 3. The second kappa shape index (κ2) is 4.06. The van der Waals surface area contributed by atoms with Crippen LogP contribution in [-0.2, 0) is 6.18 Å². The number of aryl methyl sites for hydroxylation is 1. The number of fused-ring (bicyclic) bond motifs is 1. The molecule has 0 radical (unpaired) electrons. The maximum absolute atomic E-state index is 12.7. The zero-order valence-electron chi connectivity index (χ0n) is 10.4. The number of aliphatic hydroxyl groups is 1. The molecule has 1 aromatic heterocycles. The molecule has 1 unspecified atom stereocenters. The van der Waals surface area contributed by atoms with Gasteiger partial charge in [-0.2, -0.15) is 13.2 Å². The molecule has 0 amide bonds. The molecule has 4 nitrogen and oxygen atoms in total. The molecule has 1 aliphatic carbocycles. The number of aromatic nitrogens is 2. The molecule has 1 aromatic rings. The summed E-state index contributed by atoms with van der Waals surface area (Å²) in [6.07, 6.45) is -4.45. The molecule has 0 spiro atoms. The number of hydrogen-bond acceptors (Lipinski definition) is 4. The van der Waals surface area contributed by atoms with E-state index in [0.29, 0.717) is 36.5 Å². The highest BCUT2D eigenvalue weighted by Crippen LogP contribution is 2.51. The second-order valence-corrected chi connectivity index (χ2v) is 5.27. The summed E-state index contributed by atoms with van der Waals surface area (Å²) in [7, 11) is 0. The molecular formula is C12H14F3N3O. The lowest BCUT2D eigenvalue weighted by Crippen LogP contribution is -2.27. The lowest BCUT2D eigenvalue weighted by Gasteiger charge is -2.20. The van der Waals surface area contributed by atoms with Crippen LogP contribution < -0.4 is 4.90 Å². The zero-order valence-corrected chi connectivity index (χ0v) is 10.4. The van der Waals surface area contributed by atoms with E-state index in [4.69, 9.17) is 5.11 Å². The summed E-state index contributed by atoms with van der Waals surface area (Å²) in [5.74, 6) is 1.21. The summed E-state index contributed by atoms with van der Waals surface area (Å²) < 4.78 is 38.1. The van der Waals surface area contributed by atoms with Crippen molar-refractivity contribution in [2.45, 2.75) is 13.1 Å². The molecule has 1 saturated heterocycles. The van der Waals surface area contributed by atoms with Gasteiger partial charge in [0, 0.05) is 25.4 Å². The van der Waals surface area contributed by atoms with Crippen molar-refractivity contribution in [1.29, 1.82) is 0 Å². The molecule has 0 aromatic carbocycles. The Kier molecular flexibility index (Phi) is 2.70. The van der Waals surface area contributed by atoms with Crippen molar-refractivity contribution < 1.29 is 18.3 Å². The maximum atomic E-state index is 12.7. The molecule has 0 bridgehead atoms. The number of piperidine rings is 1. The minimum Gasteiger partial charge on any atom is -0.396 e. The van der Waals surface area contributed by atoms with Crippen molar-refractivity contribution in [3.05, 3.63) is 17.5 Å². The first kappa shape index (κ1) is 12.7. The highest BCUT2D eigenvalue weighted by molar-refractivity contribution is 5.37. The first-order valence-corrected chi connectivity index (χ1v) is 6.19. The number of aliphatic hydroxyl groups excluding tert-OH is 1. The molecule has 19 heavy (non-hydrogen) atoms. The zero-order chi connectivity index (χ0) is 13.8. The standard InChI is InChI=1S/C12H14F3N3O/c1-6-2-10(12(13,14)15)17-11(16-6)18-3-7-8(4-18)9(7)5-19/h2,7-9,19H,3-5H2,1H3/t7-,8+,9?. The molecule has 7 heteroatoms. The summed E-state index contributed by atoms with van der Waals surface area (Å²) in [6.45, 7) is 2.96. The predicted molar refractivity (Wildman–Crippen MR) is 61.5 cm³/mol. The van der Waals surface area contributed by atoms with Crippen LogP contribution in [0.3, 0.4) is 0 Å². The molecule has 2 heterocycles. The Hall–Kier alpha value is -1.37. The summed E-state index contributed by atoms with van der Waals surface area (Å²) in [4.78, 5) is 9.49.